The van der Waals surface area contributed by atoms with Crippen molar-refractivity contribution in [2.75, 3.05) is 0 Å². The van der Waals surface area contributed by atoms with Crippen molar-refractivity contribution in [3.63, 3.8) is 0 Å². The minimum Gasteiger partial charge on any atom is -0.481 e. The zero-order valence-corrected chi connectivity index (χ0v) is 18.1. The summed E-state index contributed by atoms with van der Waals surface area (Å²) in [6.07, 6.45) is 14.8. The summed E-state index contributed by atoms with van der Waals surface area (Å²) in [4.78, 5) is 10.6. The molecule has 0 aliphatic heterocycles. The summed E-state index contributed by atoms with van der Waals surface area (Å²) in [6.45, 7) is 0. The predicted molar refractivity (Wildman–Crippen MR) is 118 cm³/mol. The van der Waals surface area contributed by atoms with Gasteiger partial charge in [-0.15, -0.1) is 11.6 Å². The lowest BCUT2D eigenvalue weighted by atomic mass is 9.81. The first-order valence-electron chi connectivity index (χ1n) is 11.3. The van der Waals surface area contributed by atoms with Crippen LogP contribution in [0.2, 0.25) is 0 Å². The summed E-state index contributed by atoms with van der Waals surface area (Å²) in [6, 6.07) is 8.64. The SMILES string of the molecule is O=C(O)CCC/C=C\C[C@H]1C(Cl)CCC1c1ccc(C(O)C2CCCCC2)cc1. The maximum absolute atomic E-state index is 10.7. The number of carboxylic acid groups (broad SMARTS) is 1. The Morgan fingerprint density at radius 2 is 1.79 bits per heavy atom. The molecular formula is C25H35ClO3. The number of unbranched alkanes of at least 4 members (excludes halogenated alkanes) is 1. The number of benzene rings is 1. The third kappa shape index (κ3) is 6.33. The molecule has 0 saturated heterocycles. The number of rotatable bonds is 9. The molecule has 2 aliphatic rings. The topological polar surface area (TPSA) is 57.5 Å². The van der Waals surface area contributed by atoms with E-state index in [0.29, 0.717) is 24.2 Å². The smallest absolute Gasteiger partial charge is 0.303 e. The largest absolute Gasteiger partial charge is 0.481 e. The Kier molecular flexibility index (Phi) is 8.62. The molecule has 2 N–H and O–H groups in total. The molecule has 0 amide bonds. The number of carbonyl (C=O) groups is 1. The number of halogens is 1. The minimum absolute atomic E-state index is 0.191. The molecule has 3 unspecified atom stereocenters. The molecule has 0 spiro atoms. The van der Waals surface area contributed by atoms with Crippen LogP contribution in [-0.2, 0) is 4.79 Å². The highest BCUT2D eigenvalue weighted by Crippen LogP contribution is 2.45. The number of aliphatic hydroxyl groups is 1. The van der Waals surface area contributed by atoms with Gasteiger partial charge in [0.25, 0.3) is 0 Å². The zero-order chi connectivity index (χ0) is 20.6. The van der Waals surface area contributed by atoms with Crippen LogP contribution in [0.3, 0.4) is 0 Å². The number of aliphatic carboxylic acids is 1. The minimum atomic E-state index is -0.730. The predicted octanol–water partition coefficient (Wildman–Crippen LogP) is 6.60. The van der Waals surface area contributed by atoms with E-state index < -0.39 is 5.97 Å². The van der Waals surface area contributed by atoms with E-state index in [4.69, 9.17) is 16.7 Å². The fourth-order valence-corrected chi connectivity index (χ4v) is 5.55. The maximum atomic E-state index is 10.7. The van der Waals surface area contributed by atoms with Crippen LogP contribution in [0.5, 0.6) is 0 Å². The van der Waals surface area contributed by atoms with Gasteiger partial charge in [-0.2, -0.15) is 0 Å². The lowest BCUT2D eigenvalue weighted by Crippen LogP contribution is -2.16. The number of hydrogen-bond donors (Lipinski definition) is 2. The molecule has 1 aromatic rings. The van der Waals surface area contributed by atoms with Gasteiger partial charge in [0.15, 0.2) is 0 Å². The van der Waals surface area contributed by atoms with E-state index in [0.717, 1.165) is 44.1 Å². The normalized spacial score (nSPS) is 26.8. The van der Waals surface area contributed by atoms with Crippen LogP contribution in [0, 0.1) is 11.8 Å². The number of aliphatic hydroxyl groups excluding tert-OH is 1. The van der Waals surface area contributed by atoms with Gasteiger partial charge in [-0.05, 0) is 73.8 Å². The van der Waals surface area contributed by atoms with Crippen LogP contribution in [0.4, 0.5) is 0 Å². The molecule has 0 radical (unpaired) electrons. The fourth-order valence-electron chi connectivity index (χ4n) is 5.15. The first kappa shape index (κ1) is 22.4. The average Bonchev–Trinajstić information content (AvgIpc) is 3.11. The van der Waals surface area contributed by atoms with Crippen LogP contribution in [0.25, 0.3) is 0 Å². The van der Waals surface area contributed by atoms with Gasteiger partial charge in [0.2, 0.25) is 0 Å². The summed E-state index contributed by atoms with van der Waals surface area (Å²) in [5.74, 6) is 0.558. The molecule has 4 atom stereocenters. The number of allylic oxidation sites excluding steroid dienone is 2. The van der Waals surface area contributed by atoms with Crippen LogP contribution in [0.15, 0.2) is 36.4 Å². The lowest BCUT2D eigenvalue weighted by molar-refractivity contribution is -0.137. The Labute approximate surface area is 180 Å². The van der Waals surface area contributed by atoms with Gasteiger partial charge in [-0.1, -0.05) is 55.7 Å². The second-order valence-corrected chi connectivity index (χ2v) is 9.43. The summed E-state index contributed by atoms with van der Waals surface area (Å²) in [5, 5.41) is 19.6. The Bertz CT molecular complexity index is 663. The quantitative estimate of drug-likeness (QED) is 0.269. The van der Waals surface area contributed by atoms with Crippen molar-refractivity contribution in [2.24, 2.45) is 11.8 Å². The highest BCUT2D eigenvalue weighted by molar-refractivity contribution is 6.21. The summed E-state index contributed by atoms with van der Waals surface area (Å²) < 4.78 is 0. The molecule has 29 heavy (non-hydrogen) atoms. The Morgan fingerprint density at radius 1 is 1.07 bits per heavy atom. The highest BCUT2D eigenvalue weighted by Gasteiger charge is 2.35. The van der Waals surface area contributed by atoms with Gasteiger partial charge >= 0.3 is 5.97 Å². The Hall–Kier alpha value is -1.32. The molecule has 0 heterocycles. The molecule has 2 fully saturated rings. The molecule has 0 bridgehead atoms. The first-order chi connectivity index (χ1) is 14.1. The van der Waals surface area contributed by atoms with Crippen molar-refractivity contribution in [2.45, 2.75) is 88.0 Å². The summed E-state index contributed by atoms with van der Waals surface area (Å²) in [7, 11) is 0. The number of alkyl halides is 1. The van der Waals surface area contributed by atoms with Gasteiger partial charge < -0.3 is 10.2 Å². The number of carboxylic acids is 1. The van der Waals surface area contributed by atoms with Gasteiger partial charge in [0.1, 0.15) is 0 Å². The van der Waals surface area contributed by atoms with Crippen molar-refractivity contribution in [1.29, 1.82) is 0 Å². The molecule has 2 saturated carbocycles. The molecule has 2 aliphatic carbocycles. The van der Waals surface area contributed by atoms with Crippen LogP contribution in [-0.4, -0.2) is 21.6 Å². The standard InChI is InChI=1S/C25H35ClO3/c26-23-17-16-21(22(23)10-6-1-2-7-11-24(27)28)18-12-14-20(15-13-18)25(29)19-8-4-3-5-9-19/h1,6,12-15,19,21-23,25,29H,2-5,7-11,16-17H2,(H,27,28)/b6-1-/t21?,22-,23?,25?/m1/s1. The molecule has 0 aromatic heterocycles. The summed E-state index contributed by atoms with van der Waals surface area (Å²) in [5.41, 5.74) is 2.38. The van der Waals surface area contributed by atoms with Crippen molar-refractivity contribution in [3.05, 3.63) is 47.5 Å². The van der Waals surface area contributed by atoms with Crippen LogP contribution in [0.1, 0.15) is 93.8 Å². The Morgan fingerprint density at radius 3 is 2.48 bits per heavy atom. The fraction of sp³-hybridized carbons (Fsp3) is 0.640. The molecule has 3 rings (SSSR count). The lowest BCUT2D eigenvalue weighted by Gasteiger charge is -2.27. The van der Waals surface area contributed by atoms with E-state index in [-0.39, 0.29) is 17.9 Å². The molecule has 4 heteroatoms. The van der Waals surface area contributed by atoms with Crippen LogP contribution >= 0.6 is 11.6 Å². The van der Waals surface area contributed by atoms with E-state index >= 15 is 0 Å². The third-order valence-electron chi connectivity index (χ3n) is 6.87. The van der Waals surface area contributed by atoms with Crippen molar-refractivity contribution in [1.82, 2.24) is 0 Å². The summed E-state index contributed by atoms with van der Waals surface area (Å²) >= 11 is 6.64. The monoisotopic (exact) mass is 418 g/mol. The van der Waals surface area contributed by atoms with Crippen molar-refractivity contribution < 1.29 is 15.0 Å². The van der Waals surface area contributed by atoms with E-state index in [2.05, 4.69) is 36.4 Å². The third-order valence-corrected chi connectivity index (χ3v) is 7.42. The van der Waals surface area contributed by atoms with Crippen molar-refractivity contribution >= 4 is 17.6 Å². The van der Waals surface area contributed by atoms with Gasteiger partial charge in [0, 0.05) is 11.8 Å². The average molecular weight is 419 g/mol. The second-order valence-electron chi connectivity index (χ2n) is 8.87. The van der Waals surface area contributed by atoms with E-state index in [1.165, 1.54) is 24.8 Å². The van der Waals surface area contributed by atoms with Gasteiger partial charge in [-0.25, -0.2) is 0 Å². The van der Waals surface area contributed by atoms with E-state index in [1.54, 1.807) is 0 Å². The first-order valence-corrected chi connectivity index (χ1v) is 11.8. The highest BCUT2D eigenvalue weighted by atomic mass is 35.5. The maximum Gasteiger partial charge on any atom is 0.303 e. The second kappa shape index (κ2) is 11.2. The van der Waals surface area contributed by atoms with Gasteiger partial charge in [0.05, 0.1) is 6.10 Å². The molecule has 3 nitrogen and oxygen atoms in total. The van der Waals surface area contributed by atoms with E-state index in [1.807, 2.05) is 0 Å². The van der Waals surface area contributed by atoms with E-state index in [9.17, 15) is 9.90 Å². The molecular weight excluding hydrogens is 384 g/mol. The zero-order valence-electron chi connectivity index (χ0n) is 17.3. The molecule has 160 valence electrons. The van der Waals surface area contributed by atoms with Gasteiger partial charge in [-0.3, -0.25) is 4.79 Å². The van der Waals surface area contributed by atoms with Crippen LogP contribution < -0.4 is 0 Å². The number of hydrogen-bond acceptors (Lipinski definition) is 2. The molecule has 1 aromatic carbocycles. The van der Waals surface area contributed by atoms with Crippen molar-refractivity contribution in [3.8, 4) is 0 Å². The Balaban J connectivity index is 1.56.